The minimum absolute atomic E-state index is 0.0275. The zero-order valence-electron chi connectivity index (χ0n) is 10.1. The highest BCUT2D eigenvalue weighted by Gasteiger charge is 2.20. The molecule has 0 saturated carbocycles. The SMILES string of the molecule is CC1Cc2cc(C(=O)c3ccncc3)ccc2O1. The van der Waals surface area contributed by atoms with E-state index in [4.69, 9.17) is 4.74 Å². The summed E-state index contributed by atoms with van der Waals surface area (Å²) in [7, 11) is 0. The molecule has 3 heteroatoms. The van der Waals surface area contributed by atoms with Gasteiger partial charge in [-0.05, 0) is 42.8 Å². The van der Waals surface area contributed by atoms with Crippen LogP contribution < -0.4 is 4.74 Å². The van der Waals surface area contributed by atoms with E-state index in [1.54, 1.807) is 24.5 Å². The van der Waals surface area contributed by atoms with Crippen molar-refractivity contribution in [3.8, 4) is 5.75 Å². The summed E-state index contributed by atoms with van der Waals surface area (Å²) in [5.74, 6) is 0.925. The summed E-state index contributed by atoms with van der Waals surface area (Å²) < 4.78 is 5.63. The Hall–Kier alpha value is -2.16. The van der Waals surface area contributed by atoms with Gasteiger partial charge >= 0.3 is 0 Å². The van der Waals surface area contributed by atoms with Crippen LogP contribution >= 0.6 is 0 Å². The lowest BCUT2D eigenvalue weighted by atomic mass is 10.0. The summed E-state index contributed by atoms with van der Waals surface area (Å²) >= 11 is 0. The Balaban J connectivity index is 1.95. The molecule has 0 bridgehead atoms. The molecule has 3 nitrogen and oxygen atoms in total. The predicted molar refractivity (Wildman–Crippen MR) is 67.9 cm³/mol. The van der Waals surface area contributed by atoms with Gasteiger partial charge in [0.25, 0.3) is 0 Å². The fourth-order valence-corrected chi connectivity index (χ4v) is 2.23. The van der Waals surface area contributed by atoms with Crippen molar-refractivity contribution >= 4 is 5.78 Å². The molecule has 1 aromatic heterocycles. The number of pyridine rings is 1. The van der Waals surface area contributed by atoms with Gasteiger partial charge in [-0.3, -0.25) is 9.78 Å². The molecule has 0 saturated heterocycles. The van der Waals surface area contributed by atoms with Crippen LogP contribution in [0.3, 0.4) is 0 Å². The summed E-state index contributed by atoms with van der Waals surface area (Å²) in [6.45, 7) is 2.03. The predicted octanol–water partition coefficient (Wildman–Crippen LogP) is 2.64. The lowest BCUT2D eigenvalue weighted by Crippen LogP contribution is -2.05. The van der Waals surface area contributed by atoms with Crippen LogP contribution in [0.5, 0.6) is 5.75 Å². The molecule has 0 aliphatic carbocycles. The number of carbonyl (C=O) groups is 1. The van der Waals surface area contributed by atoms with Gasteiger partial charge < -0.3 is 4.74 Å². The maximum Gasteiger partial charge on any atom is 0.193 e. The largest absolute Gasteiger partial charge is 0.490 e. The minimum Gasteiger partial charge on any atom is -0.490 e. The van der Waals surface area contributed by atoms with Crippen LogP contribution in [0.15, 0.2) is 42.7 Å². The Kier molecular flexibility index (Phi) is 2.59. The molecule has 0 spiro atoms. The maximum absolute atomic E-state index is 12.3. The van der Waals surface area contributed by atoms with Gasteiger partial charge in [0.15, 0.2) is 5.78 Å². The molecule has 90 valence electrons. The summed E-state index contributed by atoms with van der Waals surface area (Å²) in [6.07, 6.45) is 4.33. The Bertz CT molecular complexity index is 593. The number of rotatable bonds is 2. The van der Waals surface area contributed by atoms with Crippen LogP contribution in [0.2, 0.25) is 0 Å². The van der Waals surface area contributed by atoms with E-state index >= 15 is 0 Å². The number of ether oxygens (including phenoxy) is 1. The first-order valence-electron chi connectivity index (χ1n) is 5.98. The first-order valence-corrected chi connectivity index (χ1v) is 5.98. The lowest BCUT2D eigenvalue weighted by Gasteiger charge is -2.04. The highest BCUT2D eigenvalue weighted by Crippen LogP contribution is 2.29. The van der Waals surface area contributed by atoms with Crippen LogP contribution in [-0.2, 0) is 6.42 Å². The first kappa shape index (κ1) is 11.0. The summed E-state index contributed by atoms with van der Waals surface area (Å²) in [5, 5.41) is 0. The second-order valence-corrected chi connectivity index (χ2v) is 4.52. The average Bonchev–Trinajstić information content (AvgIpc) is 2.78. The van der Waals surface area contributed by atoms with Crippen LogP contribution in [0, 0.1) is 0 Å². The van der Waals surface area contributed by atoms with Gasteiger partial charge in [-0.15, -0.1) is 0 Å². The second-order valence-electron chi connectivity index (χ2n) is 4.52. The number of hydrogen-bond acceptors (Lipinski definition) is 3. The molecular weight excluding hydrogens is 226 g/mol. The van der Waals surface area contributed by atoms with Crippen molar-refractivity contribution in [1.29, 1.82) is 0 Å². The van der Waals surface area contributed by atoms with Gasteiger partial charge in [-0.1, -0.05) is 0 Å². The van der Waals surface area contributed by atoms with Crippen molar-refractivity contribution in [2.24, 2.45) is 0 Å². The van der Waals surface area contributed by atoms with Crippen molar-refractivity contribution in [3.63, 3.8) is 0 Å². The van der Waals surface area contributed by atoms with Crippen LogP contribution in [0.25, 0.3) is 0 Å². The van der Waals surface area contributed by atoms with Crippen LogP contribution in [0.1, 0.15) is 28.4 Å². The van der Waals surface area contributed by atoms with Crippen molar-refractivity contribution in [2.75, 3.05) is 0 Å². The fraction of sp³-hybridized carbons (Fsp3) is 0.200. The molecule has 1 atom stereocenters. The number of benzene rings is 1. The molecule has 0 radical (unpaired) electrons. The smallest absolute Gasteiger partial charge is 0.193 e. The summed E-state index contributed by atoms with van der Waals surface area (Å²) in [4.78, 5) is 16.2. The third-order valence-corrected chi connectivity index (χ3v) is 3.10. The topological polar surface area (TPSA) is 39.2 Å². The number of ketones is 1. The molecule has 2 aromatic rings. The average molecular weight is 239 g/mol. The monoisotopic (exact) mass is 239 g/mol. The zero-order valence-corrected chi connectivity index (χ0v) is 10.1. The quantitative estimate of drug-likeness (QED) is 0.756. The standard InChI is InChI=1S/C15H13NO2/c1-10-8-13-9-12(2-3-14(13)18-10)15(17)11-4-6-16-7-5-11/h2-7,9-10H,8H2,1H3. The number of nitrogens with zero attached hydrogens (tertiary/aromatic N) is 1. The Morgan fingerprint density at radius 2 is 2.00 bits per heavy atom. The van der Waals surface area contributed by atoms with E-state index in [0.29, 0.717) is 11.1 Å². The molecule has 18 heavy (non-hydrogen) atoms. The summed E-state index contributed by atoms with van der Waals surface area (Å²) in [5.41, 5.74) is 2.48. The summed E-state index contributed by atoms with van der Waals surface area (Å²) in [6, 6.07) is 9.10. The van der Waals surface area contributed by atoms with Crippen molar-refractivity contribution in [1.82, 2.24) is 4.98 Å². The van der Waals surface area contributed by atoms with Gasteiger partial charge in [0.2, 0.25) is 0 Å². The van der Waals surface area contributed by atoms with Crippen LogP contribution in [0.4, 0.5) is 0 Å². The second kappa shape index (κ2) is 4.26. The van der Waals surface area contributed by atoms with Gasteiger partial charge in [-0.25, -0.2) is 0 Å². The molecule has 1 unspecified atom stereocenters. The Morgan fingerprint density at radius 3 is 2.78 bits per heavy atom. The number of carbonyl (C=O) groups excluding carboxylic acids is 1. The van der Waals surface area contributed by atoms with E-state index in [-0.39, 0.29) is 11.9 Å². The third kappa shape index (κ3) is 1.88. The van der Waals surface area contributed by atoms with Crippen molar-refractivity contribution in [3.05, 3.63) is 59.4 Å². The molecular formula is C15H13NO2. The van der Waals surface area contributed by atoms with E-state index in [2.05, 4.69) is 4.98 Å². The molecule has 0 N–H and O–H groups in total. The number of aromatic nitrogens is 1. The van der Waals surface area contributed by atoms with E-state index < -0.39 is 0 Å². The third-order valence-electron chi connectivity index (χ3n) is 3.10. The maximum atomic E-state index is 12.3. The van der Waals surface area contributed by atoms with Crippen molar-refractivity contribution in [2.45, 2.75) is 19.4 Å². The van der Waals surface area contributed by atoms with E-state index in [1.807, 2.05) is 25.1 Å². The van der Waals surface area contributed by atoms with Gasteiger partial charge in [0.05, 0.1) is 0 Å². The zero-order chi connectivity index (χ0) is 12.5. The molecule has 0 fully saturated rings. The van der Waals surface area contributed by atoms with Gasteiger partial charge in [-0.2, -0.15) is 0 Å². The fourth-order valence-electron chi connectivity index (χ4n) is 2.23. The highest BCUT2D eigenvalue weighted by atomic mass is 16.5. The molecule has 2 heterocycles. The number of hydrogen-bond donors (Lipinski definition) is 0. The van der Waals surface area contributed by atoms with E-state index in [0.717, 1.165) is 17.7 Å². The molecule has 3 rings (SSSR count). The minimum atomic E-state index is 0.0275. The lowest BCUT2D eigenvalue weighted by molar-refractivity contribution is 0.103. The van der Waals surface area contributed by atoms with E-state index in [9.17, 15) is 4.79 Å². The van der Waals surface area contributed by atoms with Crippen LogP contribution in [-0.4, -0.2) is 16.9 Å². The van der Waals surface area contributed by atoms with E-state index in [1.165, 1.54) is 0 Å². The molecule has 1 aliphatic rings. The normalized spacial score (nSPS) is 17.1. The highest BCUT2D eigenvalue weighted by molar-refractivity contribution is 6.09. The van der Waals surface area contributed by atoms with Gasteiger partial charge in [0.1, 0.15) is 11.9 Å². The Morgan fingerprint density at radius 1 is 1.22 bits per heavy atom. The molecule has 1 aromatic carbocycles. The Labute approximate surface area is 105 Å². The van der Waals surface area contributed by atoms with Crippen molar-refractivity contribution < 1.29 is 9.53 Å². The first-order chi connectivity index (χ1) is 8.74. The molecule has 0 amide bonds. The molecule has 1 aliphatic heterocycles. The number of fused-ring (bicyclic) bond motifs is 1. The van der Waals surface area contributed by atoms with Gasteiger partial charge in [0, 0.05) is 29.9 Å².